The number of aryl methyl sites for hydroxylation is 1. The summed E-state index contributed by atoms with van der Waals surface area (Å²) in [5.41, 5.74) is 2.90. The zero-order valence-electron chi connectivity index (χ0n) is 31.6. The summed E-state index contributed by atoms with van der Waals surface area (Å²) in [4.78, 5) is 13.2. The molecule has 0 saturated heterocycles. The molecule has 1 saturated carbocycles. The summed E-state index contributed by atoms with van der Waals surface area (Å²) in [6.07, 6.45) is 11.9. The number of phosphoric ester groups is 1. The quantitative estimate of drug-likeness (QED) is 0.0928. The van der Waals surface area contributed by atoms with E-state index in [0.717, 1.165) is 30.8 Å². The topological polar surface area (TPSA) is 83.1 Å². The molecule has 10 heteroatoms. The number of benzene rings is 1. The van der Waals surface area contributed by atoms with Gasteiger partial charge in [-0.1, -0.05) is 96.5 Å². The fourth-order valence-corrected chi connectivity index (χ4v) is 9.62. The molecule has 0 aliphatic heterocycles. The van der Waals surface area contributed by atoms with Crippen LogP contribution in [0, 0.1) is 5.92 Å². The van der Waals surface area contributed by atoms with Crippen molar-refractivity contribution in [2.45, 2.75) is 167 Å². The van der Waals surface area contributed by atoms with Gasteiger partial charge in [-0.2, -0.15) is 0 Å². The molecule has 1 amide bonds. The molecule has 2 aliphatic rings. The van der Waals surface area contributed by atoms with E-state index in [1.54, 1.807) is 0 Å². The van der Waals surface area contributed by atoms with Crippen molar-refractivity contribution in [1.82, 2.24) is 5.32 Å². The monoisotopic (exact) mass is 709 g/mol. The fraction of sp³-hybridized carbons (Fsp3) is 0.811. The number of nitrogens with one attached hydrogen (secondary N) is 1. The van der Waals surface area contributed by atoms with Crippen LogP contribution in [0.1, 0.15) is 108 Å². The van der Waals surface area contributed by atoms with Crippen LogP contribution in [-0.4, -0.2) is 53.2 Å². The average molecular weight is 710 g/mol. The van der Waals surface area contributed by atoms with E-state index in [0.29, 0.717) is 26.1 Å². The minimum atomic E-state index is -3.86. The van der Waals surface area contributed by atoms with Gasteiger partial charge >= 0.3 is 13.9 Å². The number of amides is 1. The fourth-order valence-electron chi connectivity index (χ4n) is 6.60. The van der Waals surface area contributed by atoms with Crippen LogP contribution >= 0.6 is 7.82 Å². The van der Waals surface area contributed by atoms with Gasteiger partial charge in [0.1, 0.15) is 5.60 Å². The molecule has 0 unspecified atom stereocenters. The van der Waals surface area contributed by atoms with E-state index in [9.17, 15) is 9.36 Å². The second kappa shape index (κ2) is 17.3. The number of fused-ring (bicyclic) bond motifs is 1. The van der Waals surface area contributed by atoms with Crippen LogP contribution in [0.25, 0.3) is 0 Å². The number of phosphoric acid groups is 1. The van der Waals surface area contributed by atoms with Crippen molar-refractivity contribution in [3.63, 3.8) is 0 Å². The first-order valence-electron chi connectivity index (χ1n) is 18.5. The third kappa shape index (κ3) is 14.8. The van der Waals surface area contributed by atoms with Crippen molar-refractivity contribution in [3.8, 4) is 0 Å². The van der Waals surface area contributed by atoms with E-state index in [1.807, 2.05) is 20.8 Å². The number of hydrogen-bond acceptors (Lipinski definition) is 6. The van der Waals surface area contributed by atoms with Crippen LogP contribution in [0.15, 0.2) is 18.2 Å². The van der Waals surface area contributed by atoms with Gasteiger partial charge in [-0.3, -0.25) is 13.6 Å². The van der Waals surface area contributed by atoms with Crippen molar-refractivity contribution in [2.24, 2.45) is 5.92 Å². The molecule has 47 heavy (non-hydrogen) atoms. The van der Waals surface area contributed by atoms with E-state index in [4.69, 9.17) is 18.3 Å². The lowest BCUT2D eigenvalue weighted by atomic mass is 9.79. The molecule has 2 aliphatic carbocycles. The molecule has 0 radical (unpaired) electrons. The average Bonchev–Trinajstić information content (AvgIpc) is 3.35. The zero-order chi connectivity index (χ0) is 34.9. The standard InChI is InChI=1S/C37H68NO6PSi2/c1-11-12-13-14-15-30-16-17-32-27-33(19-18-31(32)26-30)34-20-21-37(28-34,44-35(39)38-36(2,3)4)29-43-45(40,41-22-24-46(5,6)7)42-23-25-47(8,9)10/h18-19,27,30,34H,11-17,20-26,28-29H2,1-10H3,(H,38,39)/t30-,34+,37-/m1/s1. The van der Waals surface area contributed by atoms with Crippen LogP contribution in [-0.2, 0) is 35.7 Å². The third-order valence-corrected chi connectivity index (χ3v) is 14.4. The SMILES string of the molecule is CCCCCC[C@@H]1CCc2cc([C@H]3CC[C@@](COP(=O)(OCC[Si](C)(C)C)OCC[Si](C)(C)C)(OC(=O)NC(C)(C)C)C3)ccc2C1. The molecule has 1 N–H and O–H groups in total. The van der Waals surface area contributed by atoms with Gasteiger partial charge in [-0.05, 0) is 99.9 Å². The van der Waals surface area contributed by atoms with Crippen LogP contribution in [0.2, 0.25) is 51.4 Å². The maximum Gasteiger partial charge on any atom is 0.474 e. The number of ether oxygens (including phenoxy) is 1. The Morgan fingerprint density at radius 1 is 0.936 bits per heavy atom. The van der Waals surface area contributed by atoms with Gasteiger partial charge < -0.3 is 10.1 Å². The highest BCUT2D eigenvalue weighted by molar-refractivity contribution is 7.48. The van der Waals surface area contributed by atoms with Gasteiger partial charge in [-0.25, -0.2) is 9.36 Å². The van der Waals surface area contributed by atoms with Gasteiger partial charge in [-0.15, -0.1) is 0 Å². The number of unbranched alkanes of at least 4 members (excludes halogenated alkanes) is 3. The van der Waals surface area contributed by atoms with Crippen LogP contribution < -0.4 is 5.32 Å². The second-order valence-corrected chi connectivity index (χ2v) is 30.8. The zero-order valence-corrected chi connectivity index (χ0v) is 34.5. The summed E-state index contributed by atoms with van der Waals surface area (Å²) in [6.45, 7) is 22.3. The van der Waals surface area contributed by atoms with Crippen molar-refractivity contribution >= 4 is 30.1 Å². The highest BCUT2D eigenvalue weighted by atomic mass is 31.2. The molecule has 0 bridgehead atoms. The lowest BCUT2D eigenvalue weighted by molar-refractivity contribution is -0.0325. The highest BCUT2D eigenvalue weighted by Crippen LogP contribution is 2.53. The molecule has 1 fully saturated rings. The first-order valence-corrected chi connectivity index (χ1v) is 27.3. The van der Waals surface area contributed by atoms with E-state index >= 15 is 0 Å². The lowest BCUT2D eigenvalue weighted by Crippen LogP contribution is -2.46. The number of rotatable bonds is 18. The first-order chi connectivity index (χ1) is 21.8. The number of alkyl carbamates (subject to hydrolysis) is 1. The van der Waals surface area contributed by atoms with Gasteiger partial charge in [0.15, 0.2) is 0 Å². The molecule has 7 nitrogen and oxygen atoms in total. The third-order valence-electron chi connectivity index (χ3n) is 9.54. The van der Waals surface area contributed by atoms with E-state index < -0.39 is 41.2 Å². The van der Waals surface area contributed by atoms with Crippen molar-refractivity contribution < 1.29 is 27.7 Å². The molecule has 3 atom stereocenters. The first kappa shape index (κ1) is 40.5. The molecule has 0 aromatic heterocycles. The Balaban J connectivity index is 1.75. The largest absolute Gasteiger partial charge is 0.474 e. The Bertz CT molecular complexity index is 1170. The predicted molar refractivity (Wildman–Crippen MR) is 201 cm³/mol. The minimum absolute atomic E-state index is 0.0249. The summed E-state index contributed by atoms with van der Waals surface area (Å²) >= 11 is 0. The van der Waals surface area contributed by atoms with E-state index in [1.165, 1.54) is 61.6 Å². The summed E-state index contributed by atoms with van der Waals surface area (Å²) < 4.78 is 38.3. The van der Waals surface area contributed by atoms with Crippen molar-refractivity contribution in [3.05, 3.63) is 34.9 Å². The molecule has 270 valence electrons. The smallest absolute Gasteiger partial charge is 0.440 e. The number of carbonyl (C=O) groups is 1. The highest BCUT2D eigenvalue weighted by Gasteiger charge is 2.46. The summed E-state index contributed by atoms with van der Waals surface area (Å²) in [5.74, 6) is 1.02. The Morgan fingerprint density at radius 3 is 2.19 bits per heavy atom. The minimum Gasteiger partial charge on any atom is -0.440 e. The number of hydrogen-bond donors (Lipinski definition) is 1. The lowest BCUT2D eigenvalue weighted by Gasteiger charge is -2.32. The van der Waals surface area contributed by atoms with Crippen molar-refractivity contribution in [1.29, 1.82) is 0 Å². The van der Waals surface area contributed by atoms with Crippen LogP contribution in [0.3, 0.4) is 0 Å². The van der Waals surface area contributed by atoms with Crippen LogP contribution in [0.4, 0.5) is 4.79 Å². The van der Waals surface area contributed by atoms with Gasteiger partial charge in [0, 0.05) is 21.7 Å². The molecular weight excluding hydrogens is 642 g/mol. The second-order valence-electron chi connectivity index (χ2n) is 17.9. The number of carbonyl (C=O) groups excluding carboxylic acids is 1. The molecule has 1 aromatic rings. The molecule has 3 rings (SSSR count). The normalized spacial score (nSPS) is 22.3. The molecule has 0 heterocycles. The molecule has 1 aromatic carbocycles. The van der Waals surface area contributed by atoms with E-state index in [2.05, 4.69) is 69.7 Å². The summed E-state index contributed by atoms with van der Waals surface area (Å²) in [5, 5.41) is 2.95. The van der Waals surface area contributed by atoms with E-state index in [-0.39, 0.29) is 12.5 Å². The molecular formula is C37H68NO6PSi2. The Labute approximate surface area is 289 Å². The predicted octanol–water partition coefficient (Wildman–Crippen LogP) is 11.1. The maximum atomic E-state index is 14.0. The molecule has 0 spiro atoms. The maximum absolute atomic E-state index is 14.0. The van der Waals surface area contributed by atoms with Gasteiger partial charge in [0.2, 0.25) is 0 Å². The Hall–Kier alpha value is -0.966. The van der Waals surface area contributed by atoms with Gasteiger partial charge in [0.25, 0.3) is 0 Å². The summed E-state index contributed by atoms with van der Waals surface area (Å²) in [7, 11) is -6.71. The Kier molecular flexibility index (Phi) is 14.9. The van der Waals surface area contributed by atoms with Crippen LogP contribution in [0.5, 0.6) is 0 Å². The summed E-state index contributed by atoms with van der Waals surface area (Å²) in [6, 6.07) is 8.75. The van der Waals surface area contributed by atoms with Crippen molar-refractivity contribution in [2.75, 3.05) is 19.8 Å². The Morgan fingerprint density at radius 2 is 1.60 bits per heavy atom. The van der Waals surface area contributed by atoms with Gasteiger partial charge in [0.05, 0.1) is 19.8 Å².